The third-order valence-corrected chi connectivity index (χ3v) is 5.53. The second-order valence-corrected chi connectivity index (χ2v) is 7.35. The van der Waals surface area contributed by atoms with Gasteiger partial charge in [-0.2, -0.15) is 4.31 Å². The zero-order chi connectivity index (χ0) is 13.4. The van der Waals surface area contributed by atoms with Crippen LogP contribution < -0.4 is 5.73 Å². The summed E-state index contributed by atoms with van der Waals surface area (Å²) in [4.78, 5) is 0.370. The summed E-state index contributed by atoms with van der Waals surface area (Å²) in [6, 6.07) is 6.99. The monoisotopic (exact) mass is 268 g/mol. The molecular formula is C13H20N2O2S. The van der Waals surface area contributed by atoms with Crippen LogP contribution >= 0.6 is 0 Å². The van der Waals surface area contributed by atoms with Gasteiger partial charge in [-0.3, -0.25) is 0 Å². The van der Waals surface area contributed by atoms with Gasteiger partial charge < -0.3 is 5.73 Å². The maximum absolute atomic E-state index is 12.4. The quantitative estimate of drug-likeness (QED) is 0.900. The lowest BCUT2D eigenvalue weighted by Gasteiger charge is -2.22. The van der Waals surface area contributed by atoms with Gasteiger partial charge in [0.2, 0.25) is 10.0 Å². The molecule has 0 aliphatic carbocycles. The van der Waals surface area contributed by atoms with Crippen molar-refractivity contribution in [3.63, 3.8) is 0 Å². The first-order chi connectivity index (χ1) is 8.37. The molecule has 0 amide bonds. The molecule has 0 spiro atoms. The molecule has 1 unspecified atom stereocenters. The van der Waals surface area contributed by atoms with Crippen LogP contribution in [0.15, 0.2) is 29.2 Å². The Kier molecular flexibility index (Phi) is 3.49. The van der Waals surface area contributed by atoms with Crippen LogP contribution in [0.3, 0.4) is 0 Å². The van der Waals surface area contributed by atoms with Gasteiger partial charge in [0, 0.05) is 13.1 Å². The molecule has 1 aromatic carbocycles. The lowest BCUT2D eigenvalue weighted by Crippen LogP contribution is -2.34. The number of rotatable bonds is 3. The first-order valence-electron chi connectivity index (χ1n) is 6.14. The van der Waals surface area contributed by atoms with Crippen LogP contribution in [0, 0.1) is 12.3 Å². The van der Waals surface area contributed by atoms with E-state index in [1.807, 2.05) is 26.0 Å². The molecule has 4 nitrogen and oxygen atoms in total. The fourth-order valence-electron chi connectivity index (χ4n) is 2.21. The number of sulfonamides is 1. The fraction of sp³-hybridized carbons (Fsp3) is 0.538. The molecule has 100 valence electrons. The molecule has 1 saturated heterocycles. The molecule has 0 aromatic heterocycles. The van der Waals surface area contributed by atoms with Crippen LogP contribution in [-0.2, 0) is 10.0 Å². The van der Waals surface area contributed by atoms with Crippen molar-refractivity contribution in [2.24, 2.45) is 11.1 Å². The summed E-state index contributed by atoms with van der Waals surface area (Å²) >= 11 is 0. The highest BCUT2D eigenvalue weighted by atomic mass is 32.2. The molecule has 0 saturated carbocycles. The van der Waals surface area contributed by atoms with Gasteiger partial charge in [0.15, 0.2) is 0 Å². The highest BCUT2D eigenvalue weighted by Gasteiger charge is 2.38. The summed E-state index contributed by atoms with van der Waals surface area (Å²) in [6.45, 7) is 5.58. The van der Waals surface area contributed by atoms with E-state index in [1.54, 1.807) is 16.4 Å². The normalized spacial score (nSPS) is 25.5. The van der Waals surface area contributed by atoms with Crippen molar-refractivity contribution >= 4 is 10.0 Å². The summed E-state index contributed by atoms with van der Waals surface area (Å²) in [6.07, 6.45) is 0.828. The van der Waals surface area contributed by atoms with E-state index >= 15 is 0 Å². The van der Waals surface area contributed by atoms with Crippen molar-refractivity contribution in [1.29, 1.82) is 0 Å². The topological polar surface area (TPSA) is 63.4 Å². The van der Waals surface area contributed by atoms with Gasteiger partial charge in [0.05, 0.1) is 4.90 Å². The zero-order valence-corrected chi connectivity index (χ0v) is 11.7. The van der Waals surface area contributed by atoms with E-state index in [9.17, 15) is 8.42 Å². The average Bonchev–Trinajstić information content (AvgIpc) is 2.74. The SMILES string of the molecule is Cc1ccc(S(=O)(=O)N2CCC(C)(CN)C2)cc1. The number of hydrogen-bond donors (Lipinski definition) is 1. The number of aryl methyl sites for hydroxylation is 1. The van der Waals surface area contributed by atoms with Gasteiger partial charge in [-0.15, -0.1) is 0 Å². The van der Waals surface area contributed by atoms with E-state index in [2.05, 4.69) is 0 Å². The van der Waals surface area contributed by atoms with Gasteiger partial charge in [-0.05, 0) is 37.4 Å². The molecule has 0 bridgehead atoms. The predicted molar refractivity (Wildman–Crippen MR) is 71.7 cm³/mol. The van der Waals surface area contributed by atoms with Crippen molar-refractivity contribution in [1.82, 2.24) is 4.31 Å². The van der Waals surface area contributed by atoms with E-state index < -0.39 is 10.0 Å². The number of nitrogens with two attached hydrogens (primary N) is 1. The standard InChI is InChI=1S/C13H20N2O2S/c1-11-3-5-12(6-4-11)18(16,17)15-8-7-13(2,9-14)10-15/h3-6H,7-10,14H2,1-2H3. The van der Waals surface area contributed by atoms with Gasteiger partial charge in [0.1, 0.15) is 0 Å². The predicted octanol–water partition coefficient (Wildman–Crippen LogP) is 1.35. The molecular weight excluding hydrogens is 248 g/mol. The summed E-state index contributed by atoms with van der Waals surface area (Å²) in [5.41, 5.74) is 6.68. The first-order valence-corrected chi connectivity index (χ1v) is 7.58. The average molecular weight is 268 g/mol. The van der Waals surface area contributed by atoms with Gasteiger partial charge in [-0.25, -0.2) is 8.42 Å². The molecule has 1 aliphatic heterocycles. The third kappa shape index (κ3) is 2.43. The van der Waals surface area contributed by atoms with Gasteiger partial charge in [0.25, 0.3) is 0 Å². The Morgan fingerprint density at radius 1 is 1.33 bits per heavy atom. The minimum absolute atomic E-state index is 0.0855. The van der Waals surface area contributed by atoms with Crippen LogP contribution in [0.5, 0.6) is 0 Å². The maximum Gasteiger partial charge on any atom is 0.243 e. The first kappa shape index (κ1) is 13.5. The Bertz CT molecular complexity index is 524. The van der Waals surface area contributed by atoms with Crippen molar-refractivity contribution in [2.45, 2.75) is 25.2 Å². The second kappa shape index (κ2) is 4.64. The van der Waals surface area contributed by atoms with Crippen LogP contribution in [0.4, 0.5) is 0 Å². The van der Waals surface area contributed by atoms with Crippen LogP contribution in [0.2, 0.25) is 0 Å². The van der Waals surface area contributed by atoms with E-state index in [0.29, 0.717) is 24.5 Å². The Morgan fingerprint density at radius 2 is 1.94 bits per heavy atom. The lowest BCUT2D eigenvalue weighted by molar-refractivity contribution is 0.349. The highest BCUT2D eigenvalue weighted by Crippen LogP contribution is 2.32. The number of nitrogens with zero attached hydrogens (tertiary/aromatic N) is 1. The zero-order valence-electron chi connectivity index (χ0n) is 10.9. The van der Waals surface area contributed by atoms with Crippen LogP contribution in [-0.4, -0.2) is 32.4 Å². The molecule has 0 radical (unpaired) electrons. The molecule has 1 fully saturated rings. The Morgan fingerprint density at radius 3 is 2.44 bits per heavy atom. The number of benzene rings is 1. The largest absolute Gasteiger partial charge is 0.330 e. The molecule has 1 aliphatic rings. The Balaban J connectivity index is 2.25. The van der Waals surface area contributed by atoms with Crippen molar-refractivity contribution in [3.05, 3.63) is 29.8 Å². The van der Waals surface area contributed by atoms with E-state index in [0.717, 1.165) is 12.0 Å². The molecule has 2 N–H and O–H groups in total. The summed E-state index contributed by atoms with van der Waals surface area (Å²) < 4.78 is 26.4. The minimum atomic E-state index is -3.36. The van der Waals surface area contributed by atoms with Crippen molar-refractivity contribution in [2.75, 3.05) is 19.6 Å². The van der Waals surface area contributed by atoms with E-state index in [4.69, 9.17) is 5.73 Å². The fourth-order valence-corrected chi connectivity index (χ4v) is 3.80. The lowest BCUT2D eigenvalue weighted by atomic mass is 9.90. The summed E-state index contributed by atoms with van der Waals surface area (Å²) in [5, 5.41) is 0. The van der Waals surface area contributed by atoms with Gasteiger partial charge >= 0.3 is 0 Å². The molecule has 1 aromatic rings. The Labute approximate surface area is 109 Å². The molecule has 1 atom stereocenters. The van der Waals surface area contributed by atoms with E-state index in [1.165, 1.54) is 0 Å². The van der Waals surface area contributed by atoms with Crippen molar-refractivity contribution in [3.8, 4) is 0 Å². The molecule has 5 heteroatoms. The highest BCUT2D eigenvalue weighted by molar-refractivity contribution is 7.89. The minimum Gasteiger partial charge on any atom is -0.330 e. The third-order valence-electron chi connectivity index (χ3n) is 3.67. The molecule has 2 rings (SSSR count). The Hall–Kier alpha value is -0.910. The van der Waals surface area contributed by atoms with Gasteiger partial charge in [-0.1, -0.05) is 24.6 Å². The van der Waals surface area contributed by atoms with Crippen LogP contribution in [0.25, 0.3) is 0 Å². The smallest absolute Gasteiger partial charge is 0.243 e. The van der Waals surface area contributed by atoms with Crippen molar-refractivity contribution < 1.29 is 8.42 Å². The maximum atomic E-state index is 12.4. The molecule has 1 heterocycles. The van der Waals surface area contributed by atoms with Crippen LogP contribution in [0.1, 0.15) is 18.9 Å². The molecule has 18 heavy (non-hydrogen) atoms. The van der Waals surface area contributed by atoms with E-state index in [-0.39, 0.29) is 5.41 Å². The summed E-state index contributed by atoms with van der Waals surface area (Å²) in [5.74, 6) is 0. The summed E-state index contributed by atoms with van der Waals surface area (Å²) in [7, 11) is -3.36. The number of hydrogen-bond acceptors (Lipinski definition) is 3. The second-order valence-electron chi connectivity index (χ2n) is 5.42.